The SMILES string of the molecule is CCC1(CC)C(=O)c2ccc(C(=O)c3ccc4c(c3)C(=O)N(C3CCC(CC5CCC(N)C(C)C5)CC3C)C4=O)cc2C(=O)N1C1CCC(CC2CCC(N)C(C)C2)CC1C. The van der Waals surface area contributed by atoms with Crippen LogP contribution in [0, 0.1) is 47.3 Å². The van der Waals surface area contributed by atoms with E-state index in [4.69, 9.17) is 11.5 Å². The van der Waals surface area contributed by atoms with Crippen LogP contribution < -0.4 is 11.5 Å². The van der Waals surface area contributed by atoms with Gasteiger partial charge in [0.05, 0.1) is 16.7 Å². The normalized spacial score (nSPS) is 35.3. The first kappa shape index (κ1) is 43.9. The Labute approximate surface area is 364 Å². The number of Topliss-reactive ketones (excluding diaryl/α,β-unsaturated/α-hetero) is 1. The maximum atomic E-state index is 14.9. The molecule has 61 heavy (non-hydrogen) atoms. The zero-order valence-electron chi connectivity index (χ0n) is 37.8. The summed E-state index contributed by atoms with van der Waals surface area (Å²) in [5.41, 5.74) is 13.5. The van der Waals surface area contributed by atoms with Crippen molar-refractivity contribution in [2.45, 2.75) is 174 Å². The molecule has 330 valence electrons. The lowest BCUT2D eigenvalue weighted by Crippen LogP contribution is -2.65. The lowest BCUT2D eigenvalue weighted by Gasteiger charge is -2.53. The molecular formula is C52H72N4O5. The third-order valence-electron chi connectivity index (χ3n) is 17.4. The van der Waals surface area contributed by atoms with Crippen molar-refractivity contribution < 1.29 is 24.0 Å². The van der Waals surface area contributed by atoms with E-state index in [1.54, 1.807) is 36.4 Å². The molecule has 0 saturated heterocycles. The van der Waals surface area contributed by atoms with Crippen molar-refractivity contribution in [3.8, 4) is 0 Å². The Balaban J connectivity index is 0.972. The molecule has 0 spiro atoms. The summed E-state index contributed by atoms with van der Waals surface area (Å²) in [6.07, 6.45) is 16.1. The highest BCUT2D eigenvalue weighted by molar-refractivity contribution is 6.23. The highest BCUT2D eigenvalue weighted by Gasteiger charge is 2.53. The van der Waals surface area contributed by atoms with Crippen LogP contribution in [0.5, 0.6) is 0 Å². The lowest BCUT2D eigenvalue weighted by molar-refractivity contribution is -0.00320. The van der Waals surface area contributed by atoms with Crippen molar-refractivity contribution >= 4 is 29.3 Å². The Morgan fingerprint density at radius 3 is 1.46 bits per heavy atom. The second-order valence-corrected chi connectivity index (χ2v) is 21.1. The van der Waals surface area contributed by atoms with Crippen LogP contribution in [0.4, 0.5) is 0 Å². The van der Waals surface area contributed by atoms with Gasteiger partial charge in [0.15, 0.2) is 11.6 Å². The maximum absolute atomic E-state index is 14.9. The monoisotopic (exact) mass is 833 g/mol. The molecule has 2 aromatic carbocycles. The Hall–Kier alpha value is -3.69. The number of nitrogens with zero attached hydrogens (tertiary/aromatic N) is 2. The summed E-state index contributed by atoms with van der Waals surface area (Å²) in [4.78, 5) is 75.0. The molecule has 8 rings (SSSR count). The Morgan fingerprint density at radius 2 is 0.984 bits per heavy atom. The third-order valence-corrected chi connectivity index (χ3v) is 17.4. The van der Waals surface area contributed by atoms with Crippen molar-refractivity contribution in [1.82, 2.24) is 9.80 Å². The molecule has 4 N–H and O–H groups in total. The molecule has 0 radical (unpaired) electrons. The number of carbonyl (C=O) groups is 5. The topological polar surface area (TPSA) is 144 Å². The van der Waals surface area contributed by atoms with Crippen LogP contribution >= 0.6 is 0 Å². The summed E-state index contributed by atoms with van der Waals surface area (Å²) in [7, 11) is 0. The number of carbonyl (C=O) groups excluding carboxylic acids is 5. The predicted octanol–water partition coefficient (Wildman–Crippen LogP) is 9.63. The van der Waals surface area contributed by atoms with Gasteiger partial charge in [-0.3, -0.25) is 28.9 Å². The molecule has 4 aliphatic carbocycles. The van der Waals surface area contributed by atoms with Gasteiger partial charge in [-0.2, -0.15) is 0 Å². The zero-order chi connectivity index (χ0) is 43.5. The minimum absolute atomic E-state index is 0.0498. The first-order valence-electron chi connectivity index (χ1n) is 24.3. The number of imide groups is 1. The van der Waals surface area contributed by atoms with Gasteiger partial charge in [-0.15, -0.1) is 0 Å². The van der Waals surface area contributed by atoms with E-state index in [2.05, 4.69) is 27.7 Å². The van der Waals surface area contributed by atoms with Gasteiger partial charge in [0.25, 0.3) is 17.7 Å². The summed E-state index contributed by atoms with van der Waals surface area (Å²) in [6.45, 7) is 13.0. The molecule has 9 nitrogen and oxygen atoms in total. The summed E-state index contributed by atoms with van der Waals surface area (Å²) < 4.78 is 0. The van der Waals surface area contributed by atoms with E-state index in [1.807, 2.05) is 18.7 Å². The molecule has 0 bridgehead atoms. The van der Waals surface area contributed by atoms with Crippen molar-refractivity contribution in [3.05, 3.63) is 69.8 Å². The largest absolute Gasteiger partial charge is 0.327 e. The van der Waals surface area contributed by atoms with Crippen LogP contribution in [0.1, 0.15) is 202 Å². The minimum atomic E-state index is -0.936. The van der Waals surface area contributed by atoms with E-state index in [-0.39, 0.29) is 75.5 Å². The molecule has 4 fully saturated rings. The van der Waals surface area contributed by atoms with Gasteiger partial charge in [-0.05, 0) is 174 Å². The van der Waals surface area contributed by atoms with E-state index in [0.29, 0.717) is 71.6 Å². The van der Waals surface area contributed by atoms with Gasteiger partial charge in [-0.1, -0.05) is 53.7 Å². The number of nitrogens with two attached hydrogens (primary N) is 2. The fraction of sp³-hybridized carbons (Fsp3) is 0.673. The quantitative estimate of drug-likeness (QED) is 0.179. The van der Waals surface area contributed by atoms with Gasteiger partial charge >= 0.3 is 0 Å². The average molecular weight is 833 g/mol. The van der Waals surface area contributed by atoms with Crippen molar-refractivity contribution in [1.29, 1.82) is 0 Å². The van der Waals surface area contributed by atoms with Crippen molar-refractivity contribution in [2.75, 3.05) is 0 Å². The molecule has 4 saturated carbocycles. The van der Waals surface area contributed by atoms with E-state index in [1.165, 1.54) is 43.4 Å². The summed E-state index contributed by atoms with van der Waals surface area (Å²) in [5, 5.41) is 0. The molecule has 2 aliphatic heterocycles. The Bertz CT molecular complexity index is 2040. The van der Waals surface area contributed by atoms with E-state index in [9.17, 15) is 24.0 Å². The Morgan fingerprint density at radius 1 is 0.557 bits per heavy atom. The molecule has 0 aromatic heterocycles. The van der Waals surface area contributed by atoms with Crippen LogP contribution in [0.3, 0.4) is 0 Å². The lowest BCUT2D eigenvalue weighted by atomic mass is 9.68. The van der Waals surface area contributed by atoms with E-state index < -0.39 is 5.54 Å². The molecule has 12 unspecified atom stereocenters. The molecule has 9 heteroatoms. The van der Waals surface area contributed by atoms with Gasteiger partial charge in [-0.25, -0.2) is 0 Å². The van der Waals surface area contributed by atoms with Crippen molar-refractivity contribution in [2.24, 2.45) is 58.8 Å². The number of ketones is 2. The zero-order valence-corrected chi connectivity index (χ0v) is 37.8. The Kier molecular flexibility index (Phi) is 12.6. The number of hydrogen-bond acceptors (Lipinski definition) is 7. The summed E-state index contributed by atoms with van der Waals surface area (Å²) in [6, 6.07) is 10.1. The number of fused-ring (bicyclic) bond motifs is 2. The standard InChI is InChI=1S/C52H72N4O5/c1-7-52(8-2)48(58)39-15-13-37(27-41(39)51(61)56(52)46-20-12-36(24-32(46)6)26-34-10-18-44(54)30(4)22-34)47(57)38-14-16-40-42(28-38)50(60)55(49(40)59)45-19-11-35(23-31(45)5)25-33-9-17-43(53)29(3)21-33/h13-16,27-36,43-46H,7-12,17-26,53-54H2,1-6H3. The fourth-order valence-corrected chi connectivity index (χ4v) is 13.6. The molecule has 12 atom stereocenters. The summed E-state index contributed by atoms with van der Waals surface area (Å²) in [5.74, 6) is 2.92. The number of hydrogen-bond donors (Lipinski definition) is 2. The molecule has 2 aromatic rings. The third kappa shape index (κ3) is 7.98. The summed E-state index contributed by atoms with van der Waals surface area (Å²) >= 11 is 0. The fourth-order valence-electron chi connectivity index (χ4n) is 13.6. The average Bonchev–Trinajstić information content (AvgIpc) is 3.49. The first-order chi connectivity index (χ1) is 29.1. The van der Waals surface area contributed by atoms with Crippen LogP contribution in [0.2, 0.25) is 0 Å². The molecule has 3 amide bonds. The van der Waals surface area contributed by atoms with Crippen LogP contribution in [0.25, 0.3) is 0 Å². The van der Waals surface area contributed by atoms with Crippen LogP contribution in [0.15, 0.2) is 36.4 Å². The van der Waals surface area contributed by atoms with Gasteiger partial charge in [0.2, 0.25) is 0 Å². The van der Waals surface area contributed by atoms with Crippen molar-refractivity contribution in [3.63, 3.8) is 0 Å². The number of amides is 3. The van der Waals surface area contributed by atoms with E-state index >= 15 is 0 Å². The highest BCUT2D eigenvalue weighted by atomic mass is 16.2. The number of rotatable bonds is 10. The predicted molar refractivity (Wildman–Crippen MR) is 239 cm³/mol. The van der Waals surface area contributed by atoms with Gasteiger partial charge in [0, 0.05) is 40.9 Å². The van der Waals surface area contributed by atoms with Gasteiger partial charge < -0.3 is 16.4 Å². The minimum Gasteiger partial charge on any atom is -0.327 e. The smallest absolute Gasteiger partial charge is 0.261 e. The maximum Gasteiger partial charge on any atom is 0.261 e. The second-order valence-electron chi connectivity index (χ2n) is 21.1. The van der Waals surface area contributed by atoms with Gasteiger partial charge in [0.1, 0.15) is 5.54 Å². The molecule has 2 heterocycles. The molecule has 6 aliphatic rings. The van der Waals surface area contributed by atoms with Crippen LogP contribution in [-0.2, 0) is 0 Å². The van der Waals surface area contributed by atoms with E-state index in [0.717, 1.165) is 51.4 Å². The second kappa shape index (κ2) is 17.5. The van der Waals surface area contributed by atoms with Crippen LogP contribution in [-0.4, -0.2) is 68.8 Å². The number of benzene rings is 2. The molecular weight excluding hydrogens is 761 g/mol. The first-order valence-corrected chi connectivity index (χ1v) is 24.3. The highest BCUT2D eigenvalue weighted by Crippen LogP contribution is 2.46.